The maximum atomic E-state index is 11.8. The molecule has 0 aliphatic carbocycles. The van der Waals surface area contributed by atoms with Crippen LogP contribution >= 0.6 is 0 Å². The third-order valence-corrected chi connectivity index (χ3v) is 2.51. The molecular formula is C15H13CrNO4. The van der Waals surface area contributed by atoms with Crippen molar-refractivity contribution in [1.82, 2.24) is 0 Å². The fourth-order valence-corrected chi connectivity index (χ4v) is 1.62. The quantitative estimate of drug-likeness (QED) is 0.672. The Balaban J connectivity index is 0.00000220. The van der Waals surface area contributed by atoms with Crippen molar-refractivity contribution in [3.63, 3.8) is 0 Å². The first kappa shape index (κ1) is 16.8. The average molecular weight is 323 g/mol. The van der Waals surface area contributed by atoms with Gasteiger partial charge >= 0.3 is 5.97 Å². The van der Waals surface area contributed by atoms with Crippen molar-refractivity contribution >= 4 is 17.6 Å². The molecule has 1 amide bonds. The summed E-state index contributed by atoms with van der Waals surface area (Å²) in [5.41, 5.74) is 0.707. The number of phenols is 1. The number of esters is 1. The third-order valence-electron chi connectivity index (χ3n) is 2.51. The molecule has 0 saturated heterocycles. The zero-order valence-electron chi connectivity index (χ0n) is 11.2. The Bertz CT molecular complexity index is 640. The van der Waals surface area contributed by atoms with E-state index in [9.17, 15) is 14.7 Å². The van der Waals surface area contributed by atoms with Crippen LogP contribution in [0.25, 0.3) is 0 Å². The molecule has 2 aromatic rings. The van der Waals surface area contributed by atoms with Crippen LogP contribution in [0.1, 0.15) is 17.3 Å². The van der Waals surface area contributed by atoms with Gasteiger partial charge in [-0.2, -0.15) is 0 Å². The van der Waals surface area contributed by atoms with Gasteiger partial charge in [-0.3, -0.25) is 4.79 Å². The van der Waals surface area contributed by atoms with E-state index in [1.165, 1.54) is 19.1 Å². The van der Waals surface area contributed by atoms with Crippen LogP contribution in [0.3, 0.4) is 0 Å². The summed E-state index contributed by atoms with van der Waals surface area (Å²) in [6.07, 6.45) is 0. The second kappa shape index (κ2) is 7.48. The molecule has 0 aliphatic rings. The Morgan fingerprint density at radius 1 is 1.05 bits per heavy atom. The van der Waals surface area contributed by atoms with E-state index in [1.54, 1.807) is 36.4 Å². The number of hydrogen-bond donors (Lipinski definition) is 2. The Labute approximate surface area is 132 Å². The molecule has 0 bridgehead atoms. The minimum atomic E-state index is -0.643. The summed E-state index contributed by atoms with van der Waals surface area (Å²) < 4.78 is 5.13. The Kier molecular flexibility index (Phi) is 5.97. The largest absolute Gasteiger partial charge is 0.507 e. The first-order valence-corrected chi connectivity index (χ1v) is 5.94. The number of nitrogens with one attached hydrogen (secondary N) is 1. The van der Waals surface area contributed by atoms with E-state index in [-0.39, 0.29) is 34.6 Å². The average Bonchev–Trinajstić information content (AvgIpc) is 2.41. The molecule has 0 aromatic heterocycles. The monoisotopic (exact) mass is 323 g/mol. The summed E-state index contributed by atoms with van der Waals surface area (Å²) in [4.78, 5) is 22.7. The zero-order chi connectivity index (χ0) is 14.5. The molecule has 0 aliphatic heterocycles. The Hall–Kier alpha value is -2.29. The van der Waals surface area contributed by atoms with Crippen LogP contribution in [0, 0.1) is 0 Å². The van der Waals surface area contributed by atoms with Crippen LogP contribution in [0.5, 0.6) is 11.5 Å². The van der Waals surface area contributed by atoms with Crippen molar-refractivity contribution in [2.24, 2.45) is 0 Å². The van der Waals surface area contributed by atoms with E-state index in [0.29, 0.717) is 11.4 Å². The SMILES string of the molecule is CC(=O)Nc1ccc(OC(=O)c2ccccc2O)cc1.[Cr]. The Morgan fingerprint density at radius 2 is 1.67 bits per heavy atom. The van der Waals surface area contributed by atoms with Gasteiger partial charge in [0, 0.05) is 30.0 Å². The summed E-state index contributed by atoms with van der Waals surface area (Å²) in [6.45, 7) is 1.41. The molecule has 6 heteroatoms. The molecule has 0 fully saturated rings. The van der Waals surface area contributed by atoms with Crippen LogP contribution in [0.15, 0.2) is 48.5 Å². The number of phenolic OH excluding ortho intramolecular Hbond substituents is 1. The molecular weight excluding hydrogens is 310 g/mol. The maximum Gasteiger partial charge on any atom is 0.347 e. The minimum absolute atomic E-state index is 0. The molecule has 0 unspecified atom stereocenters. The van der Waals surface area contributed by atoms with Crippen LogP contribution in [0.4, 0.5) is 5.69 Å². The molecule has 2 aromatic carbocycles. The van der Waals surface area contributed by atoms with Crippen LogP contribution in [-0.2, 0) is 22.2 Å². The van der Waals surface area contributed by atoms with Crippen molar-refractivity contribution < 1.29 is 36.8 Å². The molecule has 5 nitrogen and oxygen atoms in total. The predicted molar refractivity (Wildman–Crippen MR) is 73.8 cm³/mol. The number of aromatic hydroxyl groups is 1. The van der Waals surface area contributed by atoms with Gasteiger partial charge < -0.3 is 15.2 Å². The van der Waals surface area contributed by atoms with Gasteiger partial charge in [0.2, 0.25) is 5.91 Å². The standard InChI is InChI=1S/C15H13NO4.Cr/c1-10(17)16-11-6-8-12(9-7-11)20-15(19)13-4-2-3-5-14(13)18;/h2-9,18H,1H3,(H,16,17);. The second-order valence-electron chi connectivity index (χ2n) is 4.11. The van der Waals surface area contributed by atoms with Gasteiger partial charge in [0.25, 0.3) is 0 Å². The number of anilines is 1. The van der Waals surface area contributed by atoms with Crippen molar-refractivity contribution in [3.8, 4) is 11.5 Å². The summed E-state index contributed by atoms with van der Waals surface area (Å²) in [5.74, 6) is -0.626. The molecule has 0 spiro atoms. The van der Waals surface area contributed by atoms with Crippen molar-refractivity contribution in [3.05, 3.63) is 54.1 Å². The van der Waals surface area contributed by atoms with Crippen LogP contribution < -0.4 is 10.1 Å². The number of hydrogen-bond acceptors (Lipinski definition) is 4. The molecule has 2 rings (SSSR count). The van der Waals surface area contributed by atoms with Crippen LogP contribution in [0.2, 0.25) is 0 Å². The number of benzene rings is 2. The molecule has 0 radical (unpaired) electrons. The molecule has 0 heterocycles. The van der Waals surface area contributed by atoms with Gasteiger partial charge in [0.15, 0.2) is 0 Å². The smallest absolute Gasteiger partial charge is 0.347 e. The van der Waals surface area contributed by atoms with E-state index >= 15 is 0 Å². The molecule has 2 N–H and O–H groups in total. The molecule has 0 atom stereocenters. The topological polar surface area (TPSA) is 75.6 Å². The van der Waals surface area contributed by atoms with Gasteiger partial charge in [0.05, 0.1) is 0 Å². The molecule has 21 heavy (non-hydrogen) atoms. The number of amides is 1. The molecule has 0 saturated carbocycles. The number of rotatable bonds is 3. The van der Waals surface area contributed by atoms with Crippen LogP contribution in [-0.4, -0.2) is 17.0 Å². The zero-order valence-corrected chi connectivity index (χ0v) is 12.5. The van der Waals surface area contributed by atoms with E-state index in [1.807, 2.05) is 0 Å². The number of para-hydroxylation sites is 1. The fraction of sp³-hybridized carbons (Fsp3) is 0.0667. The van der Waals surface area contributed by atoms with Gasteiger partial charge in [-0.15, -0.1) is 0 Å². The number of carbonyl (C=O) groups excluding carboxylic acids is 2. The van der Waals surface area contributed by atoms with Gasteiger partial charge in [-0.25, -0.2) is 4.79 Å². The molecule has 108 valence electrons. The number of ether oxygens (including phenoxy) is 1. The Morgan fingerprint density at radius 3 is 2.24 bits per heavy atom. The van der Waals surface area contributed by atoms with Gasteiger partial charge in [-0.05, 0) is 36.4 Å². The van der Waals surface area contributed by atoms with Crippen molar-refractivity contribution in [2.45, 2.75) is 6.92 Å². The minimum Gasteiger partial charge on any atom is -0.507 e. The normalized spacial score (nSPS) is 9.38. The van der Waals surface area contributed by atoms with Crippen molar-refractivity contribution in [1.29, 1.82) is 0 Å². The maximum absolute atomic E-state index is 11.8. The third kappa shape index (κ3) is 4.64. The summed E-state index contributed by atoms with van der Waals surface area (Å²) in [5, 5.41) is 12.2. The fourth-order valence-electron chi connectivity index (χ4n) is 1.62. The van der Waals surface area contributed by atoms with Crippen molar-refractivity contribution in [2.75, 3.05) is 5.32 Å². The van der Waals surface area contributed by atoms with E-state index < -0.39 is 5.97 Å². The second-order valence-corrected chi connectivity index (χ2v) is 4.11. The van der Waals surface area contributed by atoms with Gasteiger partial charge in [0.1, 0.15) is 17.1 Å². The van der Waals surface area contributed by atoms with E-state index in [4.69, 9.17) is 4.74 Å². The van der Waals surface area contributed by atoms with E-state index in [2.05, 4.69) is 5.32 Å². The first-order valence-electron chi connectivity index (χ1n) is 5.94. The van der Waals surface area contributed by atoms with Gasteiger partial charge in [-0.1, -0.05) is 12.1 Å². The summed E-state index contributed by atoms with van der Waals surface area (Å²) >= 11 is 0. The first-order chi connectivity index (χ1) is 9.56. The predicted octanol–water partition coefficient (Wildman–Crippen LogP) is 2.57. The number of carbonyl (C=O) groups is 2. The summed E-state index contributed by atoms with van der Waals surface area (Å²) in [7, 11) is 0. The summed E-state index contributed by atoms with van der Waals surface area (Å²) in [6, 6.07) is 12.5. The van der Waals surface area contributed by atoms with E-state index in [0.717, 1.165) is 0 Å².